The van der Waals surface area contributed by atoms with Crippen LogP contribution in [0.3, 0.4) is 0 Å². The van der Waals surface area contributed by atoms with Gasteiger partial charge in [0.1, 0.15) is 0 Å². The van der Waals surface area contributed by atoms with Crippen molar-refractivity contribution in [1.82, 2.24) is 0 Å². The van der Waals surface area contributed by atoms with E-state index in [2.05, 4.69) is 36.8 Å². The Morgan fingerprint density at radius 3 is 2.72 bits per heavy atom. The molecular formula is C16H22NO+. The number of hydrogen-bond donors (Lipinski definition) is 0. The van der Waals surface area contributed by atoms with Crippen molar-refractivity contribution in [1.29, 1.82) is 0 Å². The average molecular weight is 244 g/mol. The van der Waals surface area contributed by atoms with Crippen molar-refractivity contribution in [2.45, 2.75) is 46.0 Å². The van der Waals surface area contributed by atoms with E-state index in [1.165, 1.54) is 48.9 Å². The quantitative estimate of drug-likeness (QED) is 0.681. The van der Waals surface area contributed by atoms with E-state index in [1.54, 1.807) is 0 Å². The second-order valence-corrected chi connectivity index (χ2v) is 5.72. The molecule has 1 fully saturated rings. The molecule has 0 amide bonds. The molecule has 96 valence electrons. The number of ether oxygens (including phenoxy) is 1. The fourth-order valence-corrected chi connectivity index (χ4v) is 3.20. The van der Waals surface area contributed by atoms with Gasteiger partial charge in [-0.3, -0.25) is 0 Å². The summed E-state index contributed by atoms with van der Waals surface area (Å²) in [5.74, 6) is 1.82. The topological polar surface area (TPSA) is 12.2 Å². The maximum absolute atomic E-state index is 5.83. The molecule has 1 aliphatic carbocycles. The van der Waals surface area contributed by atoms with Crippen molar-refractivity contribution in [2.24, 2.45) is 5.92 Å². The molecule has 1 aromatic carbocycles. The van der Waals surface area contributed by atoms with Crippen LogP contribution in [0.4, 0.5) is 5.69 Å². The van der Waals surface area contributed by atoms with E-state index in [4.69, 9.17) is 4.74 Å². The number of benzene rings is 1. The molecule has 2 aliphatic rings. The lowest BCUT2D eigenvalue weighted by Crippen LogP contribution is -2.15. The number of rotatable bonds is 1. The number of aryl methyl sites for hydroxylation is 2. The molecule has 0 radical (unpaired) electrons. The first-order valence-electron chi connectivity index (χ1n) is 7.10. The molecule has 0 unspecified atom stereocenters. The maximum Gasteiger partial charge on any atom is 0.292 e. The van der Waals surface area contributed by atoms with Gasteiger partial charge in [-0.1, -0.05) is 25.3 Å². The van der Waals surface area contributed by atoms with Gasteiger partial charge in [0.05, 0.1) is 0 Å². The van der Waals surface area contributed by atoms with Gasteiger partial charge in [-0.25, -0.2) is 0 Å². The van der Waals surface area contributed by atoms with Gasteiger partial charge in [-0.05, 0) is 37.8 Å². The molecule has 0 bridgehead atoms. The van der Waals surface area contributed by atoms with Gasteiger partial charge in [0.15, 0.2) is 6.21 Å². The molecule has 1 aromatic rings. The van der Waals surface area contributed by atoms with E-state index < -0.39 is 0 Å². The summed E-state index contributed by atoms with van der Waals surface area (Å²) in [5, 5.41) is 0. The van der Waals surface area contributed by atoms with Crippen LogP contribution in [0, 0.1) is 19.8 Å². The standard InChI is InChI=1S/C16H22NO/c1-12-8-13(2)16-15(9-12)17(11-18-16)10-14-6-4-3-5-7-14/h8-10,14H,3-7,11H2,1-2H3/q+1/b17-10-. The molecule has 1 heterocycles. The minimum absolute atomic E-state index is 0.691. The molecule has 0 saturated heterocycles. The Labute approximate surface area is 109 Å². The van der Waals surface area contributed by atoms with E-state index in [0.717, 1.165) is 11.7 Å². The highest BCUT2D eigenvalue weighted by Crippen LogP contribution is 2.37. The predicted molar refractivity (Wildman–Crippen MR) is 74.0 cm³/mol. The Balaban J connectivity index is 1.91. The highest BCUT2D eigenvalue weighted by molar-refractivity contribution is 5.62. The first kappa shape index (κ1) is 11.8. The van der Waals surface area contributed by atoms with Crippen molar-refractivity contribution < 1.29 is 9.31 Å². The summed E-state index contributed by atoms with van der Waals surface area (Å²) in [6.45, 7) is 4.98. The Morgan fingerprint density at radius 2 is 1.94 bits per heavy atom. The monoisotopic (exact) mass is 244 g/mol. The smallest absolute Gasteiger partial charge is 0.292 e. The molecule has 1 saturated carbocycles. The molecule has 0 atom stereocenters. The minimum Gasteiger partial charge on any atom is -0.429 e. The molecule has 0 aromatic heterocycles. The lowest BCUT2D eigenvalue weighted by molar-refractivity contribution is -0.455. The molecule has 3 rings (SSSR count). The number of nitrogens with zero attached hydrogens (tertiary/aromatic N) is 1. The zero-order valence-corrected chi connectivity index (χ0v) is 11.4. The molecule has 2 heteroatoms. The van der Waals surface area contributed by atoms with E-state index in [-0.39, 0.29) is 0 Å². The highest BCUT2D eigenvalue weighted by atomic mass is 16.5. The Bertz CT molecular complexity index is 484. The van der Waals surface area contributed by atoms with E-state index in [9.17, 15) is 0 Å². The minimum atomic E-state index is 0.691. The SMILES string of the molecule is Cc1cc(C)c2c(c1)/[N+](=C\C1CCCCC1)CO2. The van der Waals surface area contributed by atoms with Gasteiger partial charge in [0.2, 0.25) is 5.75 Å². The molecule has 0 spiro atoms. The van der Waals surface area contributed by atoms with Crippen LogP contribution in [0.15, 0.2) is 12.1 Å². The van der Waals surface area contributed by atoms with Gasteiger partial charge in [-0.15, -0.1) is 0 Å². The largest absolute Gasteiger partial charge is 0.429 e. The highest BCUT2D eigenvalue weighted by Gasteiger charge is 2.28. The van der Waals surface area contributed by atoms with Crippen LogP contribution in [0.1, 0.15) is 43.2 Å². The zero-order chi connectivity index (χ0) is 12.5. The summed E-state index contributed by atoms with van der Waals surface area (Å²) in [5.41, 5.74) is 3.83. The summed E-state index contributed by atoms with van der Waals surface area (Å²) in [6.07, 6.45) is 9.28. The third-order valence-electron chi connectivity index (χ3n) is 4.10. The number of fused-ring (bicyclic) bond motifs is 1. The molecule has 0 N–H and O–H groups in total. The Hall–Kier alpha value is -1.31. The second kappa shape index (κ2) is 4.75. The summed E-state index contributed by atoms with van der Waals surface area (Å²) in [6, 6.07) is 4.44. The predicted octanol–water partition coefficient (Wildman–Crippen LogP) is 3.95. The van der Waals surface area contributed by atoms with Gasteiger partial charge < -0.3 is 4.74 Å². The first-order chi connectivity index (χ1) is 8.74. The van der Waals surface area contributed by atoms with E-state index >= 15 is 0 Å². The molecule has 2 nitrogen and oxygen atoms in total. The lowest BCUT2D eigenvalue weighted by atomic mass is 9.90. The molecular weight excluding hydrogens is 222 g/mol. The van der Waals surface area contributed by atoms with Crippen molar-refractivity contribution in [3.05, 3.63) is 23.3 Å². The summed E-state index contributed by atoms with van der Waals surface area (Å²) >= 11 is 0. The van der Waals surface area contributed by atoms with Crippen molar-refractivity contribution in [3.63, 3.8) is 0 Å². The lowest BCUT2D eigenvalue weighted by Gasteiger charge is -2.15. The van der Waals surface area contributed by atoms with Crippen LogP contribution in [-0.2, 0) is 0 Å². The third-order valence-corrected chi connectivity index (χ3v) is 4.10. The van der Waals surface area contributed by atoms with E-state index in [0.29, 0.717) is 6.73 Å². The second-order valence-electron chi connectivity index (χ2n) is 5.72. The van der Waals surface area contributed by atoms with Crippen molar-refractivity contribution in [3.8, 4) is 5.75 Å². The fourth-order valence-electron chi connectivity index (χ4n) is 3.20. The van der Waals surface area contributed by atoms with Crippen LogP contribution < -0.4 is 4.74 Å². The maximum atomic E-state index is 5.83. The Morgan fingerprint density at radius 1 is 1.17 bits per heavy atom. The fraction of sp³-hybridized carbons (Fsp3) is 0.562. The van der Waals surface area contributed by atoms with Crippen LogP contribution in [-0.4, -0.2) is 17.5 Å². The van der Waals surface area contributed by atoms with Crippen molar-refractivity contribution >= 4 is 11.9 Å². The summed E-state index contributed by atoms with van der Waals surface area (Å²) < 4.78 is 8.14. The normalized spacial score (nSPS) is 22.0. The Kier molecular flexibility index (Phi) is 3.11. The zero-order valence-electron chi connectivity index (χ0n) is 11.4. The summed E-state index contributed by atoms with van der Waals surface area (Å²) in [7, 11) is 0. The van der Waals surface area contributed by atoms with Crippen LogP contribution in [0.2, 0.25) is 0 Å². The molecule has 18 heavy (non-hydrogen) atoms. The van der Waals surface area contributed by atoms with E-state index in [1.807, 2.05) is 0 Å². The van der Waals surface area contributed by atoms with Crippen LogP contribution >= 0.6 is 0 Å². The first-order valence-corrected chi connectivity index (χ1v) is 7.10. The molecule has 1 aliphatic heterocycles. The van der Waals surface area contributed by atoms with Crippen LogP contribution in [0.25, 0.3) is 0 Å². The van der Waals surface area contributed by atoms with Gasteiger partial charge in [0.25, 0.3) is 12.4 Å². The van der Waals surface area contributed by atoms with Gasteiger partial charge in [-0.2, -0.15) is 4.58 Å². The van der Waals surface area contributed by atoms with Gasteiger partial charge >= 0.3 is 0 Å². The summed E-state index contributed by atoms with van der Waals surface area (Å²) in [4.78, 5) is 0. The van der Waals surface area contributed by atoms with Crippen LogP contribution in [0.5, 0.6) is 5.75 Å². The number of hydrogen-bond acceptors (Lipinski definition) is 1. The average Bonchev–Trinajstić information content (AvgIpc) is 2.74. The van der Waals surface area contributed by atoms with Gasteiger partial charge in [0, 0.05) is 12.0 Å². The third kappa shape index (κ3) is 2.16. The van der Waals surface area contributed by atoms with Crippen molar-refractivity contribution in [2.75, 3.05) is 6.73 Å².